The Labute approximate surface area is 172 Å². The van der Waals surface area contributed by atoms with Gasteiger partial charge in [0.15, 0.2) is 5.75 Å². The van der Waals surface area contributed by atoms with Gasteiger partial charge in [-0.3, -0.25) is 4.79 Å². The maximum absolute atomic E-state index is 12.9. The fourth-order valence-electron chi connectivity index (χ4n) is 3.25. The Morgan fingerprint density at radius 1 is 1.03 bits per heavy atom. The third-order valence-electron chi connectivity index (χ3n) is 4.73. The van der Waals surface area contributed by atoms with Crippen molar-refractivity contribution in [3.8, 4) is 22.6 Å². The number of furan rings is 1. The molecule has 0 radical (unpaired) electrons. The molecular weight excluding hydrogens is 378 g/mol. The normalized spacial score (nSPS) is 10.8. The summed E-state index contributed by atoms with van der Waals surface area (Å²) in [4.78, 5) is 20.5. The van der Waals surface area contributed by atoms with Crippen LogP contribution >= 0.6 is 0 Å². The number of carbonyl (C=O) groups excluding carboxylic acids is 1. The molecule has 0 spiro atoms. The van der Waals surface area contributed by atoms with Crippen molar-refractivity contribution >= 4 is 22.6 Å². The van der Waals surface area contributed by atoms with Gasteiger partial charge in [-0.05, 0) is 36.4 Å². The zero-order valence-electron chi connectivity index (χ0n) is 15.8. The molecule has 3 heterocycles. The highest BCUT2D eigenvalue weighted by Gasteiger charge is 2.14. The number of para-hydroxylation sites is 3. The van der Waals surface area contributed by atoms with Gasteiger partial charge in [0.25, 0.3) is 5.91 Å². The summed E-state index contributed by atoms with van der Waals surface area (Å²) in [6.45, 7) is 0. The molecule has 5 rings (SSSR count). The van der Waals surface area contributed by atoms with Crippen LogP contribution in [0.2, 0.25) is 0 Å². The molecule has 5 aromatic rings. The Morgan fingerprint density at radius 2 is 1.87 bits per heavy atom. The summed E-state index contributed by atoms with van der Waals surface area (Å²) >= 11 is 0. The number of ether oxygens (including phenoxy) is 1. The number of amides is 1. The third-order valence-corrected chi connectivity index (χ3v) is 4.73. The Kier molecular flexibility index (Phi) is 4.50. The highest BCUT2D eigenvalue weighted by molar-refractivity contribution is 6.07. The zero-order valence-corrected chi connectivity index (χ0v) is 15.8. The number of carbonyl (C=O) groups is 1. The van der Waals surface area contributed by atoms with Crippen LogP contribution in [-0.2, 0) is 0 Å². The second kappa shape index (κ2) is 7.60. The first-order chi connectivity index (χ1) is 14.8. The van der Waals surface area contributed by atoms with Crippen LogP contribution in [-0.4, -0.2) is 15.9 Å². The van der Waals surface area contributed by atoms with E-state index in [0.717, 1.165) is 16.5 Å². The van der Waals surface area contributed by atoms with Gasteiger partial charge in [-0.1, -0.05) is 30.3 Å². The summed E-state index contributed by atoms with van der Waals surface area (Å²) in [6.07, 6.45) is 6.68. The Bertz CT molecular complexity index is 1310. The first-order valence-electron chi connectivity index (χ1n) is 9.41. The van der Waals surface area contributed by atoms with Gasteiger partial charge < -0.3 is 19.5 Å². The van der Waals surface area contributed by atoms with Crippen molar-refractivity contribution in [2.24, 2.45) is 0 Å². The molecule has 30 heavy (non-hydrogen) atoms. The molecule has 6 heteroatoms. The molecule has 0 aliphatic carbocycles. The van der Waals surface area contributed by atoms with Gasteiger partial charge in [-0.2, -0.15) is 0 Å². The van der Waals surface area contributed by atoms with Crippen molar-refractivity contribution in [2.45, 2.75) is 0 Å². The number of aromatic amines is 1. The van der Waals surface area contributed by atoms with Crippen molar-refractivity contribution in [1.29, 1.82) is 0 Å². The van der Waals surface area contributed by atoms with Crippen LogP contribution in [0.1, 0.15) is 10.4 Å². The highest BCUT2D eigenvalue weighted by Crippen LogP contribution is 2.31. The van der Waals surface area contributed by atoms with Crippen LogP contribution < -0.4 is 10.1 Å². The lowest BCUT2D eigenvalue weighted by Crippen LogP contribution is -2.12. The number of H-pyrrole nitrogens is 1. The zero-order chi connectivity index (χ0) is 20.3. The number of hydrogen-bond donors (Lipinski definition) is 2. The number of hydrogen-bond acceptors (Lipinski definition) is 4. The van der Waals surface area contributed by atoms with E-state index in [1.165, 1.54) is 0 Å². The molecule has 0 saturated carbocycles. The summed E-state index contributed by atoms with van der Waals surface area (Å²) in [5.41, 5.74) is 3.57. The Morgan fingerprint density at radius 3 is 2.70 bits per heavy atom. The van der Waals surface area contributed by atoms with Crippen molar-refractivity contribution < 1.29 is 13.9 Å². The molecule has 0 fully saturated rings. The minimum Gasteiger partial charge on any atom is -0.472 e. The third kappa shape index (κ3) is 3.42. The molecule has 2 N–H and O–H groups in total. The van der Waals surface area contributed by atoms with E-state index in [1.807, 2.05) is 66.9 Å². The first kappa shape index (κ1) is 17.8. The topological polar surface area (TPSA) is 80.1 Å². The number of pyridine rings is 1. The van der Waals surface area contributed by atoms with Gasteiger partial charge in [-0.15, -0.1) is 0 Å². The molecule has 3 aromatic heterocycles. The molecule has 0 bridgehead atoms. The van der Waals surface area contributed by atoms with Crippen molar-refractivity contribution in [3.63, 3.8) is 0 Å². The van der Waals surface area contributed by atoms with Gasteiger partial charge in [0.2, 0.25) is 0 Å². The van der Waals surface area contributed by atoms with Gasteiger partial charge in [0.1, 0.15) is 11.4 Å². The van der Waals surface area contributed by atoms with E-state index in [4.69, 9.17) is 9.15 Å². The van der Waals surface area contributed by atoms with Gasteiger partial charge in [0, 0.05) is 28.9 Å². The lowest BCUT2D eigenvalue weighted by Gasteiger charge is -2.12. The summed E-state index contributed by atoms with van der Waals surface area (Å²) in [7, 11) is 0. The molecule has 0 aliphatic heterocycles. The predicted molar refractivity (Wildman–Crippen MR) is 115 cm³/mol. The minimum atomic E-state index is -0.271. The maximum Gasteiger partial charge on any atom is 0.257 e. The monoisotopic (exact) mass is 395 g/mol. The van der Waals surface area contributed by atoms with Crippen molar-refractivity contribution in [3.05, 3.63) is 97.2 Å². The molecule has 1 amide bonds. The minimum absolute atomic E-state index is 0.271. The van der Waals surface area contributed by atoms with Gasteiger partial charge >= 0.3 is 0 Å². The van der Waals surface area contributed by atoms with E-state index >= 15 is 0 Å². The van der Waals surface area contributed by atoms with Crippen LogP contribution in [0.3, 0.4) is 0 Å². The van der Waals surface area contributed by atoms with Gasteiger partial charge in [-0.25, -0.2) is 4.98 Å². The Balaban J connectivity index is 1.43. The fraction of sp³-hybridized carbons (Fsp3) is 0. The fourth-order valence-corrected chi connectivity index (χ4v) is 3.25. The number of anilines is 1. The maximum atomic E-state index is 12.9. The number of aromatic nitrogens is 2. The van der Waals surface area contributed by atoms with Gasteiger partial charge in [0.05, 0.1) is 23.8 Å². The van der Waals surface area contributed by atoms with E-state index in [0.29, 0.717) is 28.4 Å². The lowest BCUT2D eigenvalue weighted by molar-refractivity contribution is 0.102. The molecule has 0 aliphatic rings. The quantitative estimate of drug-likeness (QED) is 0.390. The second-order valence-corrected chi connectivity index (χ2v) is 6.70. The predicted octanol–water partition coefficient (Wildman–Crippen LogP) is 5.87. The van der Waals surface area contributed by atoms with E-state index in [2.05, 4.69) is 15.3 Å². The standard InChI is InChI=1S/C24H17N3O3/c28-24(27-21-8-4-5-9-22(21)30-18-6-2-1-3-7-18)17-12-19-20(16-10-11-29-15-16)14-26-23(19)25-13-17/h1-15H,(H,25,26)(H,27,28). The van der Waals surface area contributed by atoms with Crippen molar-refractivity contribution in [1.82, 2.24) is 9.97 Å². The second-order valence-electron chi connectivity index (χ2n) is 6.70. The summed E-state index contributed by atoms with van der Waals surface area (Å²) < 4.78 is 11.1. The first-order valence-corrected chi connectivity index (χ1v) is 9.41. The number of nitrogens with zero attached hydrogens (tertiary/aromatic N) is 1. The van der Waals surface area contributed by atoms with Crippen LogP contribution in [0.5, 0.6) is 11.5 Å². The van der Waals surface area contributed by atoms with Crippen LogP contribution in [0.4, 0.5) is 5.69 Å². The SMILES string of the molecule is O=C(Nc1ccccc1Oc1ccccc1)c1cnc2[nH]cc(-c3ccoc3)c2c1. The van der Waals surface area contributed by atoms with Crippen LogP contribution in [0.15, 0.2) is 96.1 Å². The Hall–Kier alpha value is -4.32. The molecule has 0 unspecified atom stereocenters. The molecular formula is C24H17N3O3. The van der Waals surface area contributed by atoms with E-state index in [1.54, 1.807) is 24.8 Å². The van der Waals surface area contributed by atoms with E-state index in [-0.39, 0.29) is 5.91 Å². The number of benzene rings is 2. The smallest absolute Gasteiger partial charge is 0.257 e. The summed E-state index contributed by atoms with van der Waals surface area (Å²) in [5.74, 6) is 0.985. The van der Waals surface area contributed by atoms with E-state index < -0.39 is 0 Å². The summed E-state index contributed by atoms with van der Waals surface area (Å²) in [6, 6.07) is 20.4. The van der Waals surface area contributed by atoms with Crippen molar-refractivity contribution in [2.75, 3.05) is 5.32 Å². The number of rotatable bonds is 5. The average molecular weight is 395 g/mol. The molecule has 2 aromatic carbocycles. The lowest BCUT2D eigenvalue weighted by atomic mass is 10.1. The number of fused-ring (bicyclic) bond motifs is 1. The van der Waals surface area contributed by atoms with Crippen LogP contribution in [0.25, 0.3) is 22.2 Å². The largest absolute Gasteiger partial charge is 0.472 e. The molecule has 0 atom stereocenters. The number of nitrogens with one attached hydrogen (secondary N) is 2. The molecule has 6 nitrogen and oxygen atoms in total. The average Bonchev–Trinajstić information content (AvgIpc) is 3.45. The summed E-state index contributed by atoms with van der Waals surface area (Å²) in [5, 5.41) is 3.77. The molecule has 146 valence electrons. The van der Waals surface area contributed by atoms with E-state index in [9.17, 15) is 4.79 Å². The molecule has 0 saturated heterocycles. The van der Waals surface area contributed by atoms with Crippen LogP contribution in [0, 0.1) is 0 Å². The highest BCUT2D eigenvalue weighted by atomic mass is 16.5.